The highest BCUT2D eigenvalue weighted by Crippen LogP contribution is 2.33. The third kappa shape index (κ3) is 6.02. The Morgan fingerprint density at radius 1 is 1.28 bits per heavy atom. The lowest BCUT2D eigenvalue weighted by atomic mass is 10.2. The van der Waals surface area contributed by atoms with Gasteiger partial charge in [-0.2, -0.15) is 18.2 Å². The predicted molar refractivity (Wildman–Crippen MR) is 104 cm³/mol. The maximum atomic E-state index is 12.7. The number of amides is 2. The highest BCUT2D eigenvalue weighted by atomic mass is 35.5. The molecule has 29 heavy (non-hydrogen) atoms. The fraction of sp³-hybridized carbons (Fsp3) is 0.188. The van der Waals surface area contributed by atoms with Crippen LogP contribution < -0.4 is 10.7 Å². The molecule has 0 fully saturated rings. The van der Waals surface area contributed by atoms with Gasteiger partial charge in [0.15, 0.2) is 12.2 Å². The quantitative estimate of drug-likeness (QED) is 0.368. The van der Waals surface area contributed by atoms with Crippen LogP contribution in [0.15, 0.2) is 35.6 Å². The number of hydrogen-bond acceptors (Lipinski definition) is 5. The summed E-state index contributed by atoms with van der Waals surface area (Å²) in [6.07, 6.45) is -3.13. The molecule has 0 saturated carbocycles. The number of primary amides is 1. The number of benzene rings is 1. The van der Waals surface area contributed by atoms with Crippen LogP contribution in [-0.4, -0.2) is 29.4 Å². The van der Waals surface area contributed by atoms with Gasteiger partial charge in [-0.05, 0) is 18.2 Å². The summed E-state index contributed by atoms with van der Waals surface area (Å²) in [5, 5.41) is 5.81. The van der Waals surface area contributed by atoms with Gasteiger partial charge >= 0.3 is 12.2 Å². The molecule has 0 spiro atoms. The van der Waals surface area contributed by atoms with E-state index in [9.17, 15) is 18.0 Å². The molecule has 7 nitrogen and oxygen atoms in total. The van der Waals surface area contributed by atoms with E-state index in [1.54, 1.807) is 12.1 Å². The third-order valence-corrected chi connectivity index (χ3v) is 4.34. The van der Waals surface area contributed by atoms with Crippen molar-refractivity contribution in [2.45, 2.75) is 12.8 Å². The van der Waals surface area contributed by atoms with Crippen LogP contribution in [0.3, 0.4) is 0 Å². The van der Waals surface area contributed by atoms with Crippen LogP contribution in [0.25, 0.3) is 0 Å². The first-order valence-corrected chi connectivity index (χ1v) is 8.78. The second-order valence-corrected chi connectivity index (χ2v) is 6.71. The Labute approximate surface area is 178 Å². The molecule has 0 saturated heterocycles. The van der Waals surface area contributed by atoms with Crippen LogP contribution in [-0.2, 0) is 17.6 Å². The van der Waals surface area contributed by atoms with Gasteiger partial charge in [0.1, 0.15) is 6.61 Å². The summed E-state index contributed by atoms with van der Waals surface area (Å²) >= 11 is 17.7. The first-order valence-electron chi connectivity index (χ1n) is 7.65. The first kappa shape index (κ1) is 22.9. The number of urea groups is 1. The summed E-state index contributed by atoms with van der Waals surface area (Å²) in [5.74, 6) is -0.161. The Morgan fingerprint density at radius 3 is 2.52 bits per heavy atom. The largest absolute Gasteiger partial charge is 0.417 e. The SMILES string of the molecule is CN(c1ncc(C(F)(F)F)cc1Cl)N(/C=N/OCc1ccc(Cl)cc1Cl)C(N)=O. The van der Waals surface area contributed by atoms with Gasteiger partial charge in [0.25, 0.3) is 0 Å². The fourth-order valence-corrected chi connectivity index (χ4v) is 2.78. The number of alkyl halides is 3. The Balaban J connectivity index is 2.12. The van der Waals surface area contributed by atoms with Gasteiger partial charge in [-0.3, -0.25) is 5.01 Å². The summed E-state index contributed by atoms with van der Waals surface area (Å²) in [6.45, 7) is -0.0396. The molecule has 0 radical (unpaired) electrons. The van der Waals surface area contributed by atoms with Crippen molar-refractivity contribution < 1.29 is 22.8 Å². The molecule has 0 bridgehead atoms. The summed E-state index contributed by atoms with van der Waals surface area (Å²) in [7, 11) is 1.30. The molecule has 2 amide bonds. The van der Waals surface area contributed by atoms with Crippen molar-refractivity contribution in [3.63, 3.8) is 0 Å². The van der Waals surface area contributed by atoms with Crippen molar-refractivity contribution in [2.75, 3.05) is 12.1 Å². The number of aromatic nitrogens is 1. The van der Waals surface area contributed by atoms with E-state index in [4.69, 9.17) is 45.4 Å². The van der Waals surface area contributed by atoms with Gasteiger partial charge in [-0.1, -0.05) is 46.0 Å². The number of hydrogen-bond donors (Lipinski definition) is 1. The lowest BCUT2D eigenvalue weighted by Crippen LogP contribution is -2.47. The highest BCUT2D eigenvalue weighted by Gasteiger charge is 2.32. The molecule has 2 rings (SSSR count). The molecule has 13 heteroatoms. The number of anilines is 1. The van der Waals surface area contributed by atoms with Crippen molar-refractivity contribution in [3.05, 3.63) is 56.7 Å². The first-order chi connectivity index (χ1) is 13.5. The van der Waals surface area contributed by atoms with E-state index in [0.29, 0.717) is 27.9 Å². The van der Waals surface area contributed by atoms with Gasteiger partial charge in [-0.15, -0.1) is 0 Å². The number of nitrogens with zero attached hydrogens (tertiary/aromatic N) is 4. The summed E-state index contributed by atoms with van der Waals surface area (Å²) in [4.78, 5) is 20.4. The third-order valence-electron chi connectivity index (χ3n) is 3.47. The normalized spacial score (nSPS) is 11.6. The zero-order chi connectivity index (χ0) is 21.8. The molecule has 0 aliphatic rings. The van der Waals surface area contributed by atoms with Crippen molar-refractivity contribution in [3.8, 4) is 0 Å². The van der Waals surface area contributed by atoms with E-state index in [0.717, 1.165) is 16.4 Å². The predicted octanol–water partition coefficient (Wildman–Crippen LogP) is 4.95. The van der Waals surface area contributed by atoms with Crippen LogP contribution in [0.2, 0.25) is 15.1 Å². The molecule has 0 atom stereocenters. The number of carbonyl (C=O) groups excluding carboxylic acids is 1. The lowest BCUT2D eigenvalue weighted by Gasteiger charge is -2.27. The van der Waals surface area contributed by atoms with Gasteiger partial charge in [0, 0.05) is 28.9 Å². The second-order valence-electron chi connectivity index (χ2n) is 5.46. The molecule has 2 N–H and O–H groups in total. The highest BCUT2D eigenvalue weighted by molar-refractivity contribution is 6.35. The molecular formula is C16H13Cl3F3N5O2. The van der Waals surface area contributed by atoms with Gasteiger partial charge in [0.05, 0.1) is 10.6 Å². The van der Waals surface area contributed by atoms with Crippen LogP contribution >= 0.6 is 34.8 Å². The number of carbonyl (C=O) groups is 1. The van der Waals surface area contributed by atoms with Crippen molar-refractivity contribution >= 4 is 53.0 Å². The average Bonchev–Trinajstić information content (AvgIpc) is 2.61. The number of oxime groups is 1. The maximum absolute atomic E-state index is 12.7. The smallest absolute Gasteiger partial charge is 0.390 e. The average molecular weight is 471 g/mol. The number of hydrazine groups is 1. The van der Waals surface area contributed by atoms with Gasteiger partial charge < -0.3 is 10.6 Å². The number of nitrogens with two attached hydrogens (primary N) is 1. The van der Waals surface area contributed by atoms with E-state index in [1.807, 2.05) is 0 Å². The summed E-state index contributed by atoms with van der Waals surface area (Å²) < 4.78 is 38.2. The number of halogens is 6. The molecule has 1 heterocycles. The Hall–Kier alpha value is -2.43. The fourth-order valence-electron chi connectivity index (χ4n) is 2.03. The van der Waals surface area contributed by atoms with E-state index in [2.05, 4.69) is 10.1 Å². The Bertz CT molecular complexity index is 927. The molecule has 0 aliphatic heterocycles. The topological polar surface area (TPSA) is 84.1 Å². The molecule has 156 valence electrons. The minimum atomic E-state index is -4.62. The van der Waals surface area contributed by atoms with Crippen molar-refractivity contribution in [2.24, 2.45) is 10.9 Å². The Morgan fingerprint density at radius 2 is 1.97 bits per heavy atom. The van der Waals surface area contributed by atoms with Crippen molar-refractivity contribution in [1.82, 2.24) is 9.99 Å². The standard InChI is InChI=1S/C16H13Cl3F3N5O2/c1-26(14-13(19)4-10(6-24-14)16(20,21)22)27(15(23)28)8-25-29-7-9-2-3-11(17)5-12(9)18/h2-6,8H,7H2,1H3,(H2,23,28)/b25-8+. The minimum Gasteiger partial charge on any atom is -0.390 e. The molecule has 0 unspecified atom stereocenters. The minimum absolute atomic E-state index is 0.0396. The molecule has 1 aromatic heterocycles. The van der Waals surface area contributed by atoms with Crippen LogP contribution in [0, 0.1) is 0 Å². The zero-order valence-corrected chi connectivity index (χ0v) is 16.9. The van der Waals surface area contributed by atoms with Crippen LogP contribution in [0.5, 0.6) is 0 Å². The van der Waals surface area contributed by atoms with Crippen molar-refractivity contribution in [1.29, 1.82) is 0 Å². The zero-order valence-electron chi connectivity index (χ0n) is 14.6. The van der Waals surface area contributed by atoms with Crippen LogP contribution in [0.4, 0.5) is 23.8 Å². The van der Waals surface area contributed by atoms with E-state index in [1.165, 1.54) is 13.1 Å². The molecular weight excluding hydrogens is 458 g/mol. The maximum Gasteiger partial charge on any atom is 0.417 e. The summed E-state index contributed by atoms with van der Waals surface area (Å²) in [6, 6.07) is 4.42. The van der Waals surface area contributed by atoms with E-state index < -0.39 is 17.8 Å². The molecule has 0 aliphatic carbocycles. The van der Waals surface area contributed by atoms with Gasteiger partial charge in [-0.25, -0.2) is 9.78 Å². The van der Waals surface area contributed by atoms with E-state index in [-0.39, 0.29) is 17.4 Å². The second kappa shape index (κ2) is 9.38. The molecule has 2 aromatic rings. The monoisotopic (exact) mass is 469 g/mol. The number of rotatable bonds is 6. The number of pyridine rings is 1. The molecule has 1 aromatic carbocycles. The van der Waals surface area contributed by atoms with Crippen LogP contribution in [0.1, 0.15) is 11.1 Å². The Kier molecular flexibility index (Phi) is 7.39. The summed E-state index contributed by atoms with van der Waals surface area (Å²) in [5.41, 5.74) is 4.81. The van der Waals surface area contributed by atoms with Gasteiger partial charge in [0.2, 0.25) is 0 Å². The lowest BCUT2D eigenvalue weighted by molar-refractivity contribution is -0.137. The van der Waals surface area contributed by atoms with E-state index >= 15 is 0 Å².